The van der Waals surface area contributed by atoms with E-state index in [0.29, 0.717) is 19.0 Å². The molecule has 1 heterocycles. The Morgan fingerprint density at radius 3 is 2.13 bits per heavy atom. The van der Waals surface area contributed by atoms with Crippen LogP contribution < -0.4 is 20.1 Å². The second-order valence-electron chi connectivity index (χ2n) is 8.16. The van der Waals surface area contributed by atoms with Gasteiger partial charge in [0.25, 0.3) is 0 Å². The minimum atomic E-state index is -3.25. The molecule has 2 N–H and O–H groups in total. The first-order valence-corrected chi connectivity index (χ1v) is 12.3. The molecule has 0 fully saturated rings. The lowest BCUT2D eigenvalue weighted by Crippen LogP contribution is -2.40. The van der Waals surface area contributed by atoms with Crippen molar-refractivity contribution in [3.05, 3.63) is 53.6 Å². The van der Waals surface area contributed by atoms with Crippen molar-refractivity contribution in [2.75, 3.05) is 19.5 Å². The van der Waals surface area contributed by atoms with Gasteiger partial charge in [-0.15, -0.1) is 0 Å². The maximum atomic E-state index is 12.7. The van der Waals surface area contributed by atoms with Gasteiger partial charge in [-0.25, -0.2) is 13.2 Å². The quantitative estimate of drug-likeness (QED) is 0.699. The lowest BCUT2D eigenvalue weighted by molar-refractivity contribution is 0.230. The second-order valence-corrected chi connectivity index (χ2v) is 10.2. The van der Waals surface area contributed by atoms with E-state index in [1.165, 1.54) is 6.26 Å². The average Bonchev–Trinajstić information content (AvgIpc) is 2.96. The van der Waals surface area contributed by atoms with Crippen molar-refractivity contribution in [2.45, 2.75) is 44.2 Å². The van der Waals surface area contributed by atoms with Crippen LogP contribution in [0.1, 0.15) is 50.4 Å². The molecule has 0 aromatic heterocycles. The van der Waals surface area contributed by atoms with Gasteiger partial charge < -0.3 is 20.1 Å². The van der Waals surface area contributed by atoms with Gasteiger partial charge in [0.15, 0.2) is 21.3 Å². The van der Waals surface area contributed by atoms with E-state index < -0.39 is 9.84 Å². The molecule has 3 rings (SSSR count). The largest absolute Gasteiger partial charge is 0.490 e. The number of amides is 2. The molecule has 168 valence electrons. The summed E-state index contributed by atoms with van der Waals surface area (Å²) in [7, 11) is -3.25. The zero-order valence-electron chi connectivity index (χ0n) is 18.3. The van der Waals surface area contributed by atoms with Gasteiger partial charge in [-0.2, -0.15) is 0 Å². The van der Waals surface area contributed by atoms with Gasteiger partial charge in [0.1, 0.15) is 0 Å². The number of hydrogen-bond donors (Lipinski definition) is 2. The van der Waals surface area contributed by atoms with Crippen molar-refractivity contribution in [1.29, 1.82) is 0 Å². The molecule has 0 unspecified atom stereocenters. The molecule has 0 aliphatic carbocycles. The fourth-order valence-corrected chi connectivity index (χ4v) is 4.11. The summed E-state index contributed by atoms with van der Waals surface area (Å²) in [4.78, 5) is 13.0. The highest BCUT2D eigenvalue weighted by Gasteiger charge is 2.22. The number of ether oxygens (including phenoxy) is 2. The molecule has 0 saturated heterocycles. The van der Waals surface area contributed by atoms with E-state index in [1.54, 1.807) is 24.3 Å². The van der Waals surface area contributed by atoms with E-state index >= 15 is 0 Å². The molecule has 0 radical (unpaired) electrons. The van der Waals surface area contributed by atoms with E-state index in [2.05, 4.69) is 10.6 Å². The third kappa shape index (κ3) is 5.91. The summed E-state index contributed by atoms with van der Waals surface area (Å²) in [5, 5.41) is 5.98. The Hall–Kier alpha value is -2.74. The summed E-state index contributed by atoms with van der Waals surface area (Å²) in [5.74, 6) is 1.57. The number of fused-ring (bicyclic) bond motifs is 1. The molecule has 2 atom stereocenters. The van der Waals surface area contributed by atoms with Crippen LogP contribution in [0.5, 0.6) is 11.5 Å². The van der Waals surface area contributed by atoms with E-state index in [-0.39, 0.29) is 28.9 Å². The summed E-state index contributed by atoms with van der Waals surface area (Å²) < 4.78 is 34.7. The molecule has 0 saturated carbocycles. The van der Waals surface area contributed by atoms with Crippen LogP contribution in [-0.2, 0) is 9.84 Å². The standard InChI is InChI=1S/C23H30N2O5S/c1-15(2)22(18-8-11-20-21(14-18)30-13-5-12-29-20)25-23(26)24-16(3)17-6-9-19(10-7-17)31(4,27)28/h6-11,14-16,22H,5,12-13H2,1-4H3,(H2,24,25,26)/t16-,22+/m1/s1. The van der Waals surface area contributed by atoms with Gasteiger partial charge in [0.2, 0.25) is 0 Å². The predicted octanol–water partition coefficient (Wildman–Crippen LogP) is 4.01. The van der Waals surface area contributed by atoms with E-state index in [4.69, 9.17) is 9.47 Å². The van der Waals surface area contributed by atoms with Gasteiger partial charge in [0.05, 0.1) is 30.2 Å². The van der Waals surface area contributed by atoms with Crippen LogP contribution in [0.2, 0.25) is 0 Å². The van der Waals surface area contributed by atoms with Crippen molar-refractivity contribution in [2.24, 2.45) is 5.92 Å². The first kappa shape index (κ1) is 22.9. The van der Waals surface area contributed by atoms with Crippen LogP contribution in [-0.4, -0.2) is 33.9 Å². The van der Waals surface area contributed by atoms with E-state index in [0.717, 1.165) is 23.3 Å². The zero-order chi connectivity index (χ0) is 22.6. The van der Waals surface area contributed by atoms with Crippen LogP contribution in [0.25, 0.3) is 0 Å². The fourth-order valence-electron chi connectivity index (χ4n) is 3.47. The van der Waals surface area contributed by atoms with E-state index in [1.807, 2.05) is 39.0 Å². The van der Waals surface area contributed by atoms with Crippen molar-refractivity contribution >= 4 is 15.9 Å². The van der Waals surface area contributed by atoms with E-state index in [9.17, 15) is 13.2 Å². The molecule has 31 heavy (non-hydrogen) atoms. The van der Waals surface area contributed by atoms with Crippen molar-refractivity contribution in [3.8, 4) is 11.5 Å². The van der Waals surface area contributed by atoms with Gasteiger partial charge in [0, 0.05) is 12.7 Å². The Morgan fingerprint density at radius 1 is 0.903 bits per heavy atom. The first-order chi connectivity index (χ1) is 14.6. The highest BCUT2D eigenvalue weighted by atomic mass is 32.2. The molecule has 2 amide bonds. The van der Waals surface area contributed by atoms with Crippen LogP contribution in [0, 0.1) is 5.92 Å². The molecular formula is C23H30N2O5S. The molecule has 1 aliphatic rings. The summed E-state index contributed by atoms with van der Waals surface area (Å²) in [6, 6.07) is 11.5. The summed E-state index contributed by atoms with van der Waals surface area (Å²) in [5.41, 5.74) is 1.76. The molecule has 8 heteroatoms. The van der Waals surface area contributed by atoms with Crippen molar-refractivity contribution in [3.63, 3.8) is 0 Å². The second kappa shape index (κ2) is 9.60. The van der Waals surface area contributed by atoms with Gasteiger partial charge in [-0.3, -0.25) is 0 Å². The monoisotopic (exact) mass is 446 g/mol. The van der Waals surface area contributed by atoms with Gasteiger partial charge in [-0.05, 0) is 48.2 Å². The number of sulfone groups is 1. The summed E-state index contributed by atoms with van der Waals surface area (Å²) >= 11 is 0. The van der Waals surface area contributed by atoms with Crippen molar-refractivity contribution < 1.29 is 22.7 Å². The smallest absolute Gasteiger partial charge is 0.315 e. The number of urea groups is 1. The number of carbonyl (C=O) groups is 1. The highest BCUT2D eigenvalue weighted by Crippen LogP contribution is 2.34. The predicted molar refractivity (Wildman–Crippen MR) is 119 cm³/mol. The number of hydrogen-bond acceptors (Lipinski definition) is 5. The fraction of sp³-hybridized carbons (Fsp3) is 0.435. The SMILES string of the molecule is CC(C)[C@H](NC(=O)N[C@H](C)c1ccc(S(C)(=O)=O)cc1)c1ccc2c(c1)OCCCO2. The molecule has 1 aliphatic heterocycles. The van der Waals surface area contributed by atoms with Crippen LogP contribution in [0.4, 0.5) is 4.79 Å². The van der Waals surface area contributed by atoms with Crippen LogP contribution >= 0.6 is 0 Å². The Kier molecular flexibility index (Phi) is 7.10. The molecule has 2 aromatic rings. The van der Waals surface area contributed by atoms with Crippen molar-refractivity contribution in [1.82, 2.24) is 10.6 Å². The number of rotatable bonds is 6. The number of benzene rings is 2. The Balaban J connectivity index is 1.69. The third-order valence-electron chi connectivity index (χ3n) is 5.24. The minimum Gasteiger partial charge on any atom is -0.490 e. The van der Waals surface area contributed by atoms with Gasteiger partial charge >= 0.3 is 6.03 Å². The maximum Gasteiger partial charge on any atom is 0.315 e. The van der Waals surface area contributed by atoms with Gasteiger partial charge in [-0.1, -0.05) is 32.0 Å². The molecule has 0 spiro atoms. The Labute approximate surface area is 184 Å². The lowest BCUT2D eigenvalue weighted by atomic mass is 9.95. The normalized spacial score (nSPS) is 15.6. The summed E-state index contributed by atoms with van der Waals surface area (Å²) in [6.45, 7) is 7.17. The number of carbonyl (C=O) groups excluding carboxylic acids is 1. The zero-order valence-corrected chi connectivity index (χ0v) is 19.2. The molecule has 2 aromatic carbocycles. The average molecular weight is 447 g/mol. The summed E-state index contributed by atoms with van der Waals surface area (Å²) in [6.07, 6.45) is 2.00. The van der Waals surface area contributed by atoms with Crippen LogP contribution in [0.3, 0.4) is 0 Å². The topological polar surface area (TPSA) is 93.7 Å². The first-order valence-electron chi connectivity index (χ1n) is 10.4. The third-order valence-corrected chi connectivity index (χ3v) is 6.37. The highest BCUT2D eigenvalue weighted by molar-refractivity contribution is 7.90. The van der Waals surface area contributed by atoms with Crippen LogP contribution in [0.15, 0.2) is 47.4 Å². The minimum absolute atomic E-state index is 0.153. The lowest BCUT2D eigenvalue weighted by Gasteiger charge is -2.25. The number of nitrogens with one attached hydrogen (secondary N) is 2. The maximum absolute atomic E-state index is 12.7. The Morgan fingerprint density at radius 2 is 1.52 bits per heavy atom. The molecule has 0 bridgehead atoms. The molecular weight excluding hydrogens is 416 g/mol. The Bertz CT molecular complexity index is 1020. The molecule has 7 nitrogen and oxygen atoms in total.